The molecule has 0 unspecified atom stereocenters. The largest absolute Gasteiger partial charge is 0.357 e. The van der Waals surface area contributed by atoms with E-state index in [2.05, 4.69) is 15.8 Å². The highest BCUT2D eigenvalue weighted by Gasteiger charge is 2.09. The van der Waals surface area contributed by atoms with Crippen molar-refractivity contribution in [1.82, 2.24) is 15.8 Å². The Morgan fingerprint density at radius 1 is 1.14 bits per heavy atom. The molecule has 8 heteroatoms. The number of rotatable bonds is 4. The molecule has 1 heterocycles. The van der Waals surface area contributed by atoms with Crippen LogP contribution in [0.4, 0.5) is 8.78 Å². The molecule has 0 saturated carbocycles. The topological polar surface area (TPSA) is 74.0 Å². The minimum absolute atomic E-state index is 0.0456. The normalized spacial score (nSPS) is 10.2. The van der Waals surface area contributed by atoms with E-state index in [9.17, 15) is 18.4 Å². The number of benzene rings is 1. The highest BCUT2D eigenvalue weighted by Crippen LogP contribution is 2.19. The standard InChI is InChI=1S/C13H11F2N3O2S/c14-9-4-3-8(6-10(9)15)21-7-12(19)17-18-13(20)11-2-1-5-16-11/h1-6,16H,7H2,(H,17,19)(H,18,20). The van der Waals surface area contributed by atoms with Crippen LogP contribution in [-0.4, -0.2) is 22.6 Å². The molecule has 0 saturated heterocycles. The summed E-state index contributed by atoms with van der Waals surface area (Å²) < 4.78 is 25.7. The summed E-state index contributed by atoms with van der Waals surface area (Å²) in [6, 6.07) is 6.56. The van der Waals surface area contributed by atoms with Crippen molar-refractivity contribution < 1.29 is 18.4 Å². The van der Waals surface area contributed by atoms with Crippen LogP contribution in [0.25, 0.3) is 0 Å². The van der Waals surface area contributed by atoms with Gasteiger partial charge in [0, 0.05) is 11.1 Å². The van der Waals surface area contributed by atoms with Gasteiger partial charge in [-0.25, -0.2) is 8.78 Å². The van der Waals surface area contributed by atoms with Gasteiger partial charge in [-0.2, -0.15) is 0 Å². The molecule has 0 aliphatic heterocycles. The van der Waals surface area contributed by atoms with E-state index in [1.165, 1.54) is 6.07 Å². The summed E-state index contributed by atoms with van der Waals surface area (Å²) in [5.41, 5.74) is 4.75. The summed E-state index contributed by atoms with van der Waals surface area (Å²) in [7, 11) is 0. The second kappa shape index (κ2) is 6.89. The van der Waals surface area contributed by atoms with Crippen molar-refractivity contribution in [2.75, 3.05) is 5.75 Å². The van der Waals surface area contributed by atoms with Crippen LogP contribution in [0.5, 0.6) is 0 Å². The van der Waals surface area contributed by atoms with Crippen LogP contribution in [0.3, 0.4) is 0 Å². The molecule has 0 atom stereocenters. The van der Waals surface area contributed by atoms with E-state index in [1.807, 2.05) is 0 Å². The van der Waals surface area contributed by atoms with Crippen molar-refractivity contribution in [3.8, 4) is 0 Å². The van der Waals surface area contributed by atoms with E-state index < -0.39 is 23.4 Å². The molecular formula is C13H11F2N3O2S. The second-order valence-electron chi connectivity index (χ2n) is 3.95. The molecule has 3 N–H and O–H groups in total. The molecule has 0 aliphatic carbocycles. The van der Waals surface area contributed by atoms with Gasteiger partial charge in [-0.05, 0) is 30.3 Å². The molecule has 0 fully saturated rings. The first-order valence-electron chi connectivity index (χ1n) is 5.86. The van der Waals surface area contributed by atoms with E-state index in [4.69, 9.17) is 0 Å². The average molecular weight is 311 g/mol. The van der Waals surface area contributed by atoms with Crippen LogP contribution in [-0.2, 0) is 4.79 Å². The Balaban J connectivity index is 1.77. The lowest BCUT2D eigenvalue weighted by molar-refractivity contribution is -0.119. The fourth-order valence-electron chi connectivity index (χ4n) is 1.42. The number of hydrogen-bond acceptors (Lipinski definition) is 3. The van der Waals surface area contributed by atoms with Crippen molar-refractivity contribution in [1.29, 1.82) is 0 Å². The molecule has 0 bridgehead atoms. The maximum Gasteiger partial charge on any atom is 0.286 e. The number of carbonyl (C=O) groups excluding carboxylic acids is 2. The number of hydrogen-bond donors (Lipinski definition) is 3. The first-order valence-corrected chi connectivity index (χ1v) is 6.85. The third-order valence-corrected chi connectivity index (χ3v) is 3.41. The number of H-pyrrole nitrogens is 1. The van der Waals surface area contributed by atoms with Crippen LogP contribution in [0.1, 0.15) is 10.5 Å². The Bertz CT molecular complexity index is 647. The highest BCUT2D eigenvalue weighted by atomic mass is 32.2. The molecule has 1 aromatic carbocycles. The number of aromatic amines is 1. The molecule has 0 radical (unpaired) electrons. The van der Waals surface area contributed by atoms with Crippen molar-refractivity contribution in [2.45, 2.75) is 4.90 Å². The van der Waals surface area contributed by atoms with Gasteiger partial charge >= 0.3 is 0 Å². The van der Waals surface area contributed by atoms with E-state index in [0.29, 0.717) is 10.6 Å². The third-order valence-electron chi connectivity index (χ3n) is 2.42. The first kappa shape index (κ1) is 15.0. The van der Waals surface area contributed by atoms with Crippen molar-refractivity contribution in [3.05, 3.63) is 53.9 Å². The highest BCUT2D eigenvalue weighted by molar-refractivity contribution is 8.00. The zero-order valence-corrected chi connectivity index (χ0v) is 11.5. The summed E-state index contributed by atoms with van der Waals surface area (Å²) in [5, 5.41) is 0. The molecule has 1 aromatic heterocycles. The minimum Gasteiger partial charge on any atom is -0.357 e. The van der Waals surface area contributed by atoms with Crippen LogP contribution in [0.15, 0.2) is 41.4 Å². The summed E-state index contributed by atoms with van der Waals surface area (Å²) in [6.45, 7) is 0. The lowest BCUT2D eigenvalue weighted by Gasteiger charge is -2.06. The predicted molar refractivity (Wildman–Crippen MR) is 73.5 cm³/mol. The Morgan fingerprint density at radius 3 is 2.62 bits per heavy atom. The average Bonchev–Trinajstić information content (AvgIpc) is 3.00. The number of thioether (sulfide) groups is 1. The fourth-order valence-corrected chi connectivity index (χ4v) is 2.14. The monoisotopic (exact) mass is 311 g/mol. The molecule has 2 aromatic rings. The zero-order chi connectivity index (χ0) is 15.2. The molecule has 5 nitrogen and oxygen atoms in total. The Labute approximate surface area is 123 Å². The van der Waals surface area contributed by atoms with Crippen LogP contribution in [0.2, 0.25) is 0 Å². The third kappa shape index (κ3) is 4.32. The van der Waals surface area contributed by atoms with Crippen molar-refractivity contribution >= 4 is 23.6 Å². The zero-order valence-electron chi connectivity index (χ0n) is 10.7. The van der Waals surface area contributed by atoms with Gasteiger partial charge in [0.05, 0.1) is 5.75 Å². The number of aromatic nitrogens is 1. The van der Waals surface area contributed by atoms with Crippen LogP contribution in [0, 0.1) is 11.6 Å². The summed E-state index contributed by atoms with van der Waals surface area (Å²) in [6.07, 6.45) is 1.58. The summed E-state index contributed by atoms with van der Waals surface area (Å²) in [4.78, 5) is 26.1. The lowest BCUT2D eigenvalue weighted by Crippen LogP contribution is -2.42. The molecule has 0 aliphatic rings. The number of amides is 2. The van der Waals surface area contributed by atoms with E-state index >= 15 is 0 Å². The maximum absolute atomic E-state index is 13.0. The number of hydrazine groups is 1. The first-order chi connectivity index (χ1) is 10.1. The molecule has 2 amide bonds. The number of carbonyl (C=O) groups is 2. The van der Waals surface area contributed by atoms with Crippen LogP contribution >= 0.6 is 11.8 Å². The quantitative estimate of drug-likeness (QED) is 0.596. The smallest absolute Gasteiger partial charge is 0.286 e. The molecule has 21 heavy (non-hydrogen) atoms. The molecule has 2 rings (SSSR count). The molecule has 110 valence electrons. The predicted octanol–water partition coefficient (Wildman–Crippen LogP) is 1.85. The Morgan fingerprint density at radius 2 is 1.95 bits per heavy atom. The van der Waals surface area contributed by atoms with Crippen molar-refractivity contribution in [3.63, 3.8) is 0 Å². The van der Waals surface area contributed by atoms with Crippen molar-refractivity contribution in [2.24, 2.45) is 0 Å². The maximum atomic E-state index is 13.0. The van der Waals surface area contributed by atoms with Gasteiger partial charge < -0.3 is 4.98 Å². The summed E-state index contributed by atoms with van der Waals surface area (Å²) >= 11 is 1.02. The molecular weight excluding hydrogens is 300 g/mol. The van der Waals surface area contributed by atoms with E-state index in [0.717, 1.165) is 23.9 Å². The number of nitrogens with one attached hydrogen (secondary N) is 3. The van der Waals surface area contributed by atoms with Gasteiger partial charge in [0.2, 0.25) is 5.91 Å². The van der Waals surface area contributed by atoms with Gasteiger partial charge in [0.15, 0.2) is 11.6 Å². The SMILES string of the molecule is O=C(CSc1ccc(F)c(F)c1)NNC(=O)c1ccc[nH]1. The van der Waals surface area contributed by atoms with Crippen LogP contribution < -0.4 is 10.9 Å². The number of halogens is 2. The van der Waals surface area contributed by atoms with Gasteiger partial charge in [0.1, 0.15) is 5.69 Å². The second-order valence-corrected chi connectivity index (χ2v) is 5.00. The minimum atomic E-state index is -0.972. The Hall–Kier alpha value is -2.35. The Kier molecular flexibility index (Phi) is 4.94. The van der Waals surface area contributed by atoms with Gasteiger partial charge in [-0.1, -0.05) is 0 Å². The van der Waals surface area contributed by atoms with Gasteiger partial charge in [0.25, 0.3) is 5.91 Å². The summed E-state index contributed by atoms with van der Waals surface area (Å²) in [5.74, 6) is -2.91. The molecule has 0 spiro atoms. The lowest BCUT2D eigenvalue weighted by atomic mass is 10.3. The van der Waals surface area contributed by atoms with Gasteiger partial charge in [-0.3, -0.25) is 20.4 Å². The van der Waals surface area contributed by atoms with E-state index in [-0.39, 0.29) is 5.75 Å². The van der Waals surface area contributed by atoms with Gasteiger partial charge in [-0.15, -0.1) is 11.8 Å². The van der Waals surface area contributed by atoms with E-state index in [1.54, 1.807) is 18.3 Å². The fraction of sp³-hybridized carbons (Fsp3) is 0.0769.